The number of nitrogens with one attached hydrogen (secondary N) is 2. The summed E-state index contributed by atoms with van der Waals surface area (Å²) in [6, 6.07) is 6.88. The highest BCUT2D eigenvalue weighted by Gasteiger charge is 2.20. The van der Waals surface area contributed by atoms with Crippen molar-refractivity contribution < 1.29 is 8.42 Å². The van der Waals surface area contributed by atoms with Gasteiger partial charge in [-0.15, -0.1) is 0 Å². The number of benzene rings is 1. The molecule has 2 N–H and O–H groups in total. The van der Waals surface area contributed by atoms with Crippen molar-refractivity contribution in [3.63, 3.8) is 0 Å². The van der Waals surface area contributed by atoms with Crippen LogP contribution in [0.3, 0.4) is 0 Å². The summed E-state index contributed by atoms with van der Waals surface area (Å²) in [5.74, 6) is 0.818. The van der Waals surface area contributed by atoms with Gasteiger partial charge in [0, 0.05) is 13.1 Å². The molecule has 1 aliphatic carbocycles. The normalized spacial score (nSPS) is 15.8. The summed E-state index contributed by atoms with van der Waals surface area (Å²) in [5.41, 5.74) is 1.06. The van der Waals surface area contributed by atoms with Gasteiger partial charge in [0.15, 0.2) is 0 Å². The molecule has 1 aromatic carbocycles. The zero-order chi connectivity index (χ0) is 13.0. The highest BCUT2D eigenvalue weighted by molar-refractivity contribution is 7.89. The zero-order valence-electron chi connectivity index (χ0n) is 10.6. The number of sulfonamides is 1. The van der Waals surface area contributed by atoms with Crippen molar-refractivity contribution in [2.45, 2.75) is 24.7 Å². The van der Waals surface area contributed by atoms with Gasteiger partial charge in [0.2, 0.25) is 10.0 Å². The molecule has 0 heterocycles. The molecular weight excluding hydrogens is 248 g/mol. The van der Waals surface area contributed by atoms with E-state index in [1.165, 1.54) is 12.8 Å². The van der Waals surface area contributed by atoms with Crippen LogP contribution in [0.1, 0.15) is 18.4 Å². The van der Waals surface area contributed by atoms with Crippen LogP contribution in [0, 0.1) is 12.8 Å². The van der Waals surface area contributed by atoms with Crippen LogP contribution in [0.2, 0.25) is 0 Å². The summed E-state index contributed by atoms with van der Waals surface area (Å²) in [4.78, 5) is 0.329. The summed E-state index contributed by atoms with van der Waals surface area (Å²) in [6.45, 7) is 4.06. The molecule has 0 unspecified atom stereocenters. The van der Waals surface area contributed by atoms with E-state index >= 15 is 0 Å². The molecule has 0 spiro atoms. The van der Waals surface area contributed by atoms with Gasteiger partial charge >= 0.3 is 0 Å². The molecule has 18 heavy (non-hydrogen) atoms. The van der Waals surface area contributed by atoms with Crippen LogP contribution in [0.15, 0.2) is 29.2 Å². The molecule has 1 saturated carbocycles. The SMILES string of the molecule is Cc1ccc(S(=O)(=O)NCCNCC2CC2)cc1. The lowest BCUT2D eigenvalue weighted by Gasteiger charge is -2.07. The van der Waals surface area contributed by atoms with Crippen LogP contribution in [0.4, 0.5) is 0 Å². The second kappa shape index (κ2) is 5.82. The summed E-state index contributed by atoms with van der Waals surface area (Å²) < 4.78 is 26.4. The fourth-order valence-corrected chi connectivity index (χ4v) is 2.73. The van der Waals surface area contributed by atoms with Crippen LogP contribution in [0.5, 0.6) is 0 Å². The van der Waals surface area contributed by atoms with Crippen molar-refractivity contribution in [2.75, 3.05) is 19.6 Å². The molecule has 1 aliphatic rings. The minimum Gasteiger partial charge on any atom is -0.315 e. The summed E-state index contributed by atoms with van der Waals surface area (Å²) in [5, 5.41) is 3.25. The van der Waals surface area contributed by atoms with E-state index in [0.717, 1.165) is 18.0 Å². The molecule has 0 aliphatic heterocycles. The summed E-state index contributed by atoms with van der Waals surface area (Å²) >= 11 is 0. The van der Waals surface area contributed by atoms with Gasteiger partial charge in [-0.3, -0.25) is 0 Å². The molecule has 100 valence electrons. The largest absolute Gasteiger partial charge is 0.315 e. The van der Waals surface area contributed by atoms with Gasteiger partial charge in [-0.1, -0.05) is 17.7 Å². The third kappa shape index (κ3) is 4.08. The fraction of sp³-hybridized carbons (Fsp3) is 0.538. The van der Waals surface area contributed by atoms with E-state index in [9.17, 15) is 8.42 Å². The third-order valence-electron chi connectivity index (χ3n) is 3.06. The molecule has 5 heteroatoms. The van der Waals surface area contributed by atoms with E-state index in [-0.39, 0.29) is 0 Å². The fourth-order valence-electron chi connectivity index (χ4n) is 1.70. The molecule has 1 fully saturated rings. The maximum atomic E-state index is 11.9. The average Bonchev–Trinajstić information content (AvgIpc) is 3.13. The summed E-state index contributed by atoms with van der Waals surface area (Å²) in [7, 11) is -3.35. The highest BCUT2D eigenvalue weighted by atomic mass is 32.2. The molecule has 1 aromatic rings. The highest BCUT2D eigenvalue weighted by Crippen LogP contribution is 2.27. The van der Waals surface area contributed by atoms with Gasteiger partial charge in [-0.05, 0) is 44.4 Å². The predicted octanol–water partition coefficient (Wildman–Crippen LogP) is 1.27. The Morgan fingerprint density at radius 3 is 2.44 bits per heavy atom. The Morgan fingerprint density at radius 2 is 1.83 bits per heavy atom. The Hall–Kier alpha value is -0.910. The molecule has 2 rings (SSSR count). The number of hydrogen-bond donors (Lipinski definition) is 2. The van der Waals surface area contributed by atoms with Gasteiger partial charge in [0.25, 0.3) is 0 Å². The quantitative estimate of drug-likeness (QED) is 0.732. The monoisotopic (exact) mass is 268 g/mol. The Labute approximate surface area is 109 Å². The Morgan fingerprint density at radius 1 is 1.17 bits per heavy atom. The average molecular weight is 268 g/mol. The van der Waals surface area contributed by atoms with Crippen LogP contribution < -0.4 is 10.0 Å². The topological polar surface area (TPSA) is 58.2 Å². The minimum atomic E-state index is -3.35. The van der Waals surface area contributed by atoms with Crippen LogP contribution in [-0.2, 0) is 10.0 Å². The first-order valence-corrected chi connectivity index (χ1v) is 7.83. The van der Waals surface area contributed by atoms with Gasteiger partial charge < -0.3 is 5.32 Å². The molecule has 0 radical (unpaired) electrons. The Balaban J connectivity index is 1.77. The first-order chi connectivity index (χ1) is 8.58. The molecule has 0 aromatic heterocycles. The van der Waals surface area contributed by atoms with Gasteiger partial charge in [-0.2, -0.15) is 0 Å². The summed E-state index contributed by atoms with van der Waals surface area (Å²) in [6.07, 6.45) is 2.62. The second-order valence-electron chi connectivity index (χ2n) is 4.86. The number of rotatable bonds is 7. The first-order valence-electron chi connectivity index (χ1n) is 6.35. The van der Waals surface area contributed by atoms with Crippen molar-refractivity contribution in [1.82, 2.24) is 10.0 Å². The molecule has 4 nitrogen and oxygen atoms in total. The van der Waals surface area contributed by atoms with Gasteiger partial charge in [0.05, 0.1) is 4.90 Å². The minimum absolute atomic E-state index is 0.329. The standard InChI is InChI=1S/C13H20N2O2S/c1-11-2-6-13(7-3-11)18(16,17)15-9-8-14-10-12-4-5-12/h2-3,6-7,12,14-15H,4-5,8-10H2,1H3. The predicted molar refractivity (Wildman–Crippen MR) is 72.0 cm³/mol. The molecule has 0 amide bonds. The smallest absolute Gasteiger partial charge is 0.240 e. The van der Waals surface area contributed by atoms with Gasteiger partial charge in [0.1, 0.15) is 0 Å². The molecule has 0 atom stereocenters. The Bertz CT molecular complexity index is 478. The molecule has 0 bridgehead atoms. The van der Waals surface area contributed by atoms with Crippen molar-refractivity contribution in [1.29, 1.82) is 0 Å². The number of hydrogen-bond acceptors (Lipinski definition) is 3. The van der Waals surface area contributed by atoms with Crippen molar-refractivity contribution in [2.24, 2.45) is 5.92 Å². The van der Waals surface area contributed by atoms with E-state index in [4.69, 9.17) is 0 Å². The van der Waals surface area contributed by atoms with Gasteiger partial charge in [-0.25, -0.2) is 13.1 Å². The van der Waals surface area contributed by atoms with E-state index in [0.29, 0.717) is 18.0 Å². The lowest BCUT2D eigenvalue weighted by molar-refractivity contribution is 0.572. The van der Waals surface area contributed by atoms with E-state index in [2.05, 4.69) is 10.0 Å². The maximum Gasteiger partial charge on any atom is 0.240 e. The molecular formula is C13H20N2O2S. The van der Waals surface area contributed by atoms with Crippen LogP contribution >= 0.6 is 0 Å². The van der Waals surface area contributed by atoms with E-state index in [1.807, 2.05) is 6.92 Å². The third-order valence-corrected chi connectivity index (χ3v) is 4.53. The van der Waals surface area contributed by atoms with Crippen LogP contribution in [0.25, 0.3) is 0 Å². The van der Waals surface area contributed by atoms with E-state index in [1.54, 1.807) is 24.3 Å². The van der Waals surface area contributed by atoms with Crippen LogP contribution in [-0.4, -0.2) is 28.1 Å². The zero-order valence-corrected chi connectivity index (χ0v) is 11.5. The van der Waals surface area contributed by atoms with Crippen molar-refractivity contribution in [3.05, 3.63) is 29.8 Å². The first kappa shape index (κ1) is 13.5. The Kier molecular flexibility index (Phi) is 4.37. The number of aryl methyl sites for hydroxylation is 1. The maximum absolute atomic E-state index is 11.9. The van der Waals surface area contributed by atoms with Crippen molar-refractivity contribution >= 4 is 10.0 Å². The van der Waals surface area contributed by atoms with E-state index < -0.39 is 10.0 Å². The lowest BCUT2D eigenvalue weighted by Crippen LogP contribution is -2.32. The van der Waals surface area contributed by atoms with Crippen molar-refractivity contribution in [3.8, 4) is 0 Å². The second-order valence-corrected chi connectivity index (χ2v) is 6.63. The molecule has 0 saturated heterocycles. The lowest BCUT2D eigenvalue weighted by atomic mass is 10.2.